The van der Waals surface area contributed by atoms with Crippen molar-refractivity contribution in [1.29, 1.82) is 0 Å². The second-order valence-corrected chi connectivity index (χ2v) is 7.22. The fraction of sp³-hybridized carbons (Fsp3) is 0.167. The average molecular weight is 404 g/mol. The molecule has 0 aromatic heterocycles. The molecule has 0 saturated carbocycles. The van der Waals surface area contributed by atoms with E-state index in [0.29, 0.717) is 10.8 Å². The summed E-state index contributed by atoms with van der Waals surface area (Å²) in [6.07, 6.45) is 0. The van der Waals surface area contributed by atoms with Gasteiger partial charge in [0.15, 0.2) is 11.6 Å². The molecule has 6 nitrogen and oxygen atoms in total. The van der Waals surface area contributed by atoms with Gasteiger partial charge < -0.3 is 19.7 Å². The van der Waals surface area contributed by atoms with E-state index in [1.165, 1.54) is 20.3 Å². The van der Waals surface area contributed by atoms with Gasteiger partial charge in [-0.2, -0.15) is 0 Å². The van der Waals surface area contributed by atoms with Crippen molar-refractivity contribution in [3.63, 3.8) is 0 Å². The number of fused-ring (bicyclic) bond motifs is 2. The van der Waals surface area contributed by atoms with E-state index in [9.17, 15) is 19.8 Å². The number of aromatic hydroxyl groups is 2. The van der Waals surface area contributed by atoms with Gasteiger partial charge in [0.25, 0.3) is 0 Å². The molecule has 0 bridgehead atoms. The van der Waals surface area contributed by atoms with Gasteiger partial charge in [0.1, 0.15) is 23.0 Å². The number of phenolic OH excluding ortho intramolecular Hbond substituents is 2. The molecule has 6 heteroatoms. The Hall–Kier alpha value is -3.80. The maximum Gasteiger partial charge on any atom is 0.198 e. The van der Waals surface area contributed by atoms with Gasteiger partial charge in [-0.3, -0.25) is 9.59 Å². The van der Waals surface area contributed by atoms with E-state index >= 15 is 0 Å². The Morgan fingerprint density at radius 2 is 1.50 bits per heavy atom. The van der Waals surface area contributed by atoms with Crippen LogP contribution < -0.4 is 9.47 Å². The highest BCUT2D eigenvalue weighted by molar-refractivity contribution is 6.42. The number of benzene rings is 3. The summed E-state index contributed by atoms with van der Waals surface area (Å²) < 4.78 is 10.7. The molecule has 3 aromatic carbocycles. The molecule has 0 aliphatic heterocycles. The molecule has 0 radical (unpaired) electrons. The van der Waals surface area contributed by atoms with Gasteiger partial charge in [0.2, 0.25) is 0 Å². The molecule has 1 aliphatic carbocycles. The maximum atomic E-state index is 13.6. The summed E-state index contributed by atoms with van der Waals surface area (Å²) in [5.74, 6) is -0.477. The van der Waals surface area contributed by atoms with Crippen LogP contribution in [-0.2, 0) is 0 Å². The first-order valence-corrected chi connectivity index (χ1v) is 9.31. The predicted octanol–water partition coefficient (Wildman–Crippen LogP) is 4.43. The first-order chi connectivity index (χ1) is 14.3. The number of hydrogen-bond acceptors (Lipinski definition) is 6. The number of phenols is 2. The van der Waals surface area contributed by atoms with E-state index in [0.717, 1.165) is 5.56 Å². The van der Waals surface area contributed by atoms with Gasteiger partial charge in [-0.05, 0) is 31.5 Å². The minimum Gasteiger partial charge on any atom is -0.507 e. The van der Waals surface area contributed by atoms with E-state index in [1.54, 1.807) is 44.2 Å². The molecule has 0 saturated heterocycles. The molecule has 0 amide bonds. The summed E-state index contributed by atoms with van der Waals surface area (Å²) in [6.45, 7) is 3.34. The number of hydrogen-bond donors (Lipinski definition) is 2. The molecule has 152 valence electrons. The Morgan fingerprint density at radius 3 is 2.17 bits per heavy atom. The standard InChI is InChI=1S/C24H20O6/c1-11-8-14-20(15(25)9-11)18(30-4)10-16(26)21(14)19-12(2)23(27)13-6-5-7-17(29-3)22(13)24(19)28/h5-10,25-26H,1-4H3. The van der Waals surface area contributed by atoms with E-state index in [-0.39, 0.29) is 56.6 Å². The second-order valence-electron chi connectivity index (χ2n) is 7.22. The van der Waals surface area contributed by atoms with Crippen molar-refractivity contribution in [3.8, 4) is 23.0 Å². The molecule has 30 heavy (non-hydrogen) atoms. The van der Waals surface area contributed by atoms with E-state index in [1.807, 2.05) is 0 Å². The Kier molecular flexibility index (Phi) is 4.50. The summed E-state index contributed by atoms with van der Waals surface area (Å²) in [6, 6.07) is 9.50. The number of ether oxygens (including phenoxy) is 2. The van der Waals surface area contributed by atoms with Crippen LogP contribution in [0, 0.1) is 6.92 Å². The summed E-state index contributed by atoms with van der Waals surface area (Å²) in [5.41, 5.74) is 1.61. The molecular weight excluding hydrogens is 384 g/mol. The van der Waals surface area contributed by atoms with Crippen LogP contribution >= 0.6 is 0 Å². The molecule has 0 fully saturated rings. The molecule has 1 aliphatic rings. The minimum absolute atomic E-state index is 0.0473. The molecule has 0 heterocycles. The lowest BCUT2D eigenvalue weighted by molar-refractivity contribution is 0.0989. The highest BCUT2D eigenvalue weighted by Crippen LogP contribution is 2.47. The van der Waals surface area contributed by atoms with E-state index in [4.69, 9.17) is 9.47 Å². The Labute approximate surface area is 173 Å². The summed E-state index contributed by atoms with van der Waals surface area (Å²) >= 11 is 0. The lowest BCUT2D eigenvalue weighted by Gasteiger charge is -2.23. The lowest BCUT2D eigenvalue weighted by atomic mass is 9.79. The smallest absolute Gasteiger partial charge is 0.198 e. The van der Waals surface area contributed by atoms with E-state index in [2.05, 4.69) is 0 Å². The van der Waals surface area contributed by atoms with Gasteiger partial charge in [0, 0.05) is 33.7 Å². The van der Waals surface area contributed by atoms with Gasteiger partial charge in [-0.25, -0.2) is 0 Å². The van der Waals surface area contributed by atoms with Crippen LogP contribution in [0.2, 0.25) is 0 Å². The van der Waals surface area contributed by atoms with Crippen molar-refractivity contribution in [2.45, 2.75) is 13.8 Å². The van der Waals surface area contributed by atoms with Crippen LogP contribution in [-0.4, -0.2) is 36.0 Å². The quantitative estimate of drug-likeness (QED) is 0.671. The lowest BCUT2D eigenvalue weighted by Crippen LogP contribution is -2.21. The van der Waals surface area contributed by atoms with Gasteiger partial charge in [-0.15, -0.1) is 0 Å². The number of carbonyl (C=O) groups excluding carboxylic acids is 2. The zero-order chi connectivity index (χ0) is 21.7. The van der Waals surface area contributed by atoms with Crippen LogP contribution in [0.15, 0.2) is 42.0 Å². The maximum absolute atomic E-state index is 13.6. The van der Waals surface area contributed by atoms with Gasteiger partial charge in [-0.1, -0.05) is 18.2 Å². The third kappa shape index (κ3) is 2.64. The minimum atomic E-state index is -0.428. The van der Waals surface area contributed by atoms with Gasteiger partial charge >= 0.3 is 0 Å². The van der Waals surface area contributed by atoms with Crippen molar-refractivity contribution in [1.82, 2.24) is 0 Å². The van der Waals surface area contributed by atoms with E-state index < -0.39 is 5.78 Å². The van der Waals surface area contributed by atoms with Crippen LogP contribution in [0.25, 0.3) is 16.3 Å². The molecule has 4 rings (SSSR count). The Morgan fingerprint density at radius 1 is 0.800 bits per heavy atom. The molecule has 0 spiro atoms. The van der Waals surface area contributed by atoms with Crippen molar-refractivity contribution in [3.05, 3.63) is 64.2 Å². The molecule has 2 N–H and O–H groups in total. The second kappa shape index (κ2) is 6.91. The first kappa shape index (κ1) is 19.5. The SMILES string of the molecule is COc1cccc2c1C(=O)C(c1c(O)cc(OC)c3c(O)cc(C)cc13)=C(C)C2=O. The third-order valence-electron chi connectivity index (χ3n) is 5.43. The normalized spacial score (nSPS) is 13.6. The summed E-state index contributed by atoms with van der Waals surface area (Å²) in [4.78, 5) is 26.7. The van der Waals surface area contributed by atoms with Crippen LogP contribution in [0.4, 0.5) is 0 Å². The number of allylic oxidation sites excluding steroid dienone is 2. The number of methoxy groups -OCH3 is 2. The summed E-state index contributed by atoms with van der Waals surface area (Å²) in [7, 11) is 2.86. The molecule has 3 aromatic rings. The van der Waals surface area contributed by atoms with Crippen molar-refractivity contribution >= 4 is 27.9 Å². The highest BCUT2D eigenvalue weighted by Gasteiger charge is 2.35. The van der Waals surface area contributed by atoms with Gasteiger partial charge in [0.05, 0.1) is 25.2 Å². The topological polar surface area (TPSA) is 93.1 Å². The molecular formula is C24H20O6. The Bertz CT molecular complexity index is 1280. The van der Waals surface area contributed by atoms with Crippen molar-refractivity contribution < 1.29 is 29.3 Å². The van der Waals surface area contributed by atoms with Crippen LogP contribution in [0.1, 0.15) is 38.8 Å². The van der Waals surface area contributed by atoms with Crippen molar-refractivity contribution in [2.24, 2.45) is 0 Å². The van der Waals surface area contributed by atoms with Crippen LogP contribution in [0.3, 0.4) is 0 Å². The fourth-order valence-electron chi connectivity index (χ4n) is 4.09. The number of ketones is 2. The Balaban J connectivity index is 2.13. The average Bonchev–Trinajstić information content (AvgIpc) is 2.72. The molecule has 0 atom stereocenters. The number of rotatable bonds is 3. The molecule has 0 unspecified atom stereocenters. The fourth-order valence-corrected chi connectivity index (χ4v) is 4.09. The number of aryl methyl sites for hydroxylation is 1. The predicted molar refractivity (Wildman–Crippen MR) is 113 cm³/mol. The number of Topliss-reactive ketones (excluding diaryl/α,β-unsaturated/α-hetero) is 2. The number of carbonyl (C=O) groups is 2. The van der Waals surface area contributed by atoms with Crippen LogP contribution in [0.5, 0.6) is 23.0 Å². The first-order valence-electron chi connectivity index (χ1n) is 9.31. The zero-order valence-electron chi connectivity index (χ0n) is 17.0. The zero-order valence-corrected chi connectivity index (χ0v) is 17.0. The summed E-state index contributed by atoms with van der Waals surface area (Å²) in [5, 5.41) is 22.2. The highest BCUT2D eigenvalue weighted by atomic mass is 16.5. The largest absolute Gasteiger partial charge is 0.507 e. The third-order valence-corrected chi connectivity index (χ3v) is 5.43. The van der Waals surface area contributed by atoms with Crippen molar-refractivity contribution in [2.75, 3.05) is 14.2 Å². The monoisotopic (exact) mass is 404 g/mol.